The molecule has 0 fully saturated rings. The summed E-state index contributed by atoms with van der Waals surface area (Å²) in [4.78, 5) is 35.0. The molecule has 0 aromatic heterocycles. The van der Waals surface area contributed by atoms with Crippen LogP contribution in [0.3, 0.4) is 0 Å². The van der Waals surface area contributed by atoms with E-state index in [0.717, 1.165) is 0 Å². The summed E-state index contributed by atoms with van der Waals surface area (Å²) in [6.07, 6.45) is -1.01. The van der Waals surface area contributed by atoms with Crippen LogP contribution in [0.1, 0.15) is 27.6 Å². The van der Waals surface area contributed by atoms with Crippen molar-refractivity contribution >= 4 is 35.1 Å². The first-order valence-electron chi connectivity index (χ1n) is 7.04. The van der Waals surface area contributed by atoms with Gasteiger partial charge in [0, 0.05) is 16.3 Å². The van der Waals surface area contributed by atoms with E-state index in [1.165, 1.54) is 37.3 Å². The Kier molecular flexibility index (Phi) is 5.55. The Morgan fingerprint density at radius 3 is 2.33 bits per heavy atom. The highest BCUT2D eigenvalue weighted by Crippen LogP contribution is 2.14. The zero-order chi connectivity index (χ0) is 17.7. The molecule has 2 aromatic rings. The van der Waals surface area contributed by atoms with Crippen molar-refractivity contribution in [3.05, 3.63) is 64.7 Å². The number of nitrogens with one attached hydrogen (secondary N) is 1. The predicted molar refractivity (Wildman–Crippen MR) is 89.9 cm³/mol. The second kappa shape index (κ2) is 7.61. The number of carbonyl (C=O) groups is 3. The summed E-state index contributed by atoms with van der Waals surface area (Å²) in [5.41, 5.74) is 6.18. The molecule has 0 spiro atoms. The van der Waals surface area contributed by atoms with E-state index in [4.69, 9.17) is 22.1 Å². The van der Waals surface area contributed by atoms with E-state index in [-0.39, 0.29) is 5.56 Å². The summed E-state index contributed by atoms with van der Waals surface area (Å²) in [7, 11) is 0. The first-order valence-corrected chi connectivity index (χ1v) is 7.42. The molecule has 2 rings (SSSR count). The Labute approximate surface area is 143 Å². The zero-order valence-corrected chi connectivity index (χ0v) is 13.5. The maximum absolute atomic E-state index is 12.1. The van der Waals surface area contributed by atoms with Crippen LogP contribution in [0.4, 0.5) is 5.69 Å². The summed E-state index contributed by atoms with van der Waals surface area (Å²) >= 11 is 5.81. The van der Waals surface area contributed by atoms with Crippen LogP contribution >= 0.6 is 11.6 Å². The maximum Gasteiger partial charge on any atom is 0.338 e. The molecule has 0 heterocycles. The Hall–Kier alpha value is -2.86. The Morgan fingerprint density at radius 2 is 1.75 bits per heavy atom. The van der Waals surface area contributed by atoms with Crippen molar-refractivity contribution in [3.8, 4) is 0 Å². The summed E-state index contributed by atoms with van der Waals surface area (Å²) in [5.74, 6) is -1.71. The van der Waals surface area contributed by atoms with Gasteiger partial charge in [0.15, 0.2) is 6.10 Å². The van der Waals surface area contributed by atoms with Gasteiger partial charge in [-0.1, -0.05) is 17.7 Å². The first-order chi connectivity index (χ1) is 11.4. The Morgan fingerprint density at radius 1 is 1.08 bits per heavy atom. The fraction of sp³-hybridized carbons (Fsp3) is 0.118. The molecule has 0 aliphatic rings. The smallest absolute Gasteiger partial charge is 0.338 e. The largest absolute Gasteiger partial charge is 0.449 e. The van der Waals surface area contributed by atoms with E-state index in [0.29, 0.717) is 16.3 Å². The predicted octanol–water partition coefficient (Wildman–Crippen LogP) is 2.62. The van der Waals surface area contributed by atoms with Gasteiger partial charge in [0.05, 0.1) is 5.56 Å². The Bertz CT molecular complexity index is 774. The van der Waals surface area contributed by atoms with Crippen molar-refractivity contribution in [1.82, 2.24) is 0 Å². The average Bonchev–Trinajstić information content (AvgIpc) is 2.55. The molecule has 7 heteroatoms. The summed E-state index contributed by atoms with van der Waals surface area (Å²) in [5, 5.41) is 2.98. The number of amides is 2. The lowest BCUT2D eigenvalue weighted by Gasteiger charge is -2.13. The zero-order valence-electron chi connectivity index (χ0n) is 12.8. The van der Waals surface area contributed by atoms with Gasteiger partial charge >= 0.3 is 5.97 Å². The molecular weight excluding hydrogens is 332 g/mol. The van der Waals surface area contributed by atoms with Crippen LogP contribution in [-0.2, 0) is 9.53 Å². The molecule has 24 heavy (non-hydrogen) atoms. The molecule has 0 radical (unpaired) electrons. The number of benzene rings is 2. The van der Waals surface area contributed by atoms with Crippen molar-refractivity contribution in [2.24, 2.45) is 5.73 Å². The quantitative estimate of drug-likeness (QED) is 0.813. The van der Waals surface area contributed by atoms with Crippen LogP contribution in [0.25, 0.3) is 0 Å². The highest BCUT2D eigenvalue weighted by Gasteiger charge is 2.19. The molecule has 1 unspecified atom stereocenters. The van der Waals surface area contributed by atoms with Crippen molar-refractivity contribution < 1.29 is 19.1 Å². The van der Waals surface area contributed by atoms with Gasteiger partial charge in [-0.25, -0.2) is 4.79 Å². The minimum absolute atomic E-state index is 0.257. The monoisotopic (exact) mass is 346 g/mol. The Balaban J connectivity index is 1.96. The molecular formula is C17H15ClN2O4. The van der Waals surface area contributed by atoms with Crippen LogP contribution in [-0.4, -0.2) is 23.9 Å². The van der Waals surface area contributed by atoms with Gasteiger partial charge in [0.1, 0.15) is 0 Å². The lowest BCUT2D eigenvalue weighted by molar-refractivity contribution is -0.123. The second-order valence-electron chi connectivity index (χ2n) is 4.99. The molecule has 3 N–H and O–H groups in total. The van der Waals surface area contributed by atoms with Gasteiger partial charge in [-0.05, 0) is 49.4 Å². The third-order valence-corrected chi connectivity index (χ3v) is 3.39. The molecule has 0 saturated heterocycles. The lowest BCUT2D eigenvalue weighted by Crippen LogP contribution is -2.30. The minimum atomic E-state index is -1.01. The summed E-state index contributed by atoms with van der Waals surface area (Å²) in [6.45, 7) is 1.45. The van der Waals surface area contributed by atoms with Crippen LogP contribution in [0.15, 0.2) is 48.5 Å². The lowest BCUT2D eigenvalue weighted by atomic mass is 10.2. The molecule has 0 aliphatic heterocycles. The summed E-state index contributed by atoms with van der Waals surface area (Å²) < 4.78 is 5.10. The highest BCUT2D eigenvalue weighted by molar-refractivity contribution is 6.30. The molecule has 2 aromatic carbocycles. The normalized spacial score (nSPS) is 11.4. The number of carbonyl (C=O) groups excluding carboxylic acids is 3. The van der Waals surface area contributed by atoms with Crippen molar-refractivity contribution in [2.75, 3.05) is 5.32 Å². The molecule has 0 aliphatic carbocycles. The number of hydrogen-bond donors (Lipinski definition) is 2. The SMILES string of the molecule is CC(OC(=O)c1cccc(Cl)c1)C(=O)Nc1ccc(C(N)=O)cc1. The van der Waals surface area contributed by atoms with E-state index in [1.807, 2.05) is 0 Å². The molecule has 0 saturated carbocycles. The number of anilines is 1. The van der Waals surface area contributed by atoms with E-state index in [1.54, 1.807) is 18.2 Å². The molecule has 124 valence electrons. The first kappa shape index (κ1) is 17.5. The van der Waals surface area contributed by atoms with E-state index < -0.39 is 23.9 Å². The van der Waals surface area contributed by atoms with E-state index >= 15 is 0 Å². The minimum Gasteiger partial charge on any atom is -0.449 e. The van der Waals surface area contributed by atoms with Crippen LogP contribution in [0.5, 0.6) is 0 Å². The number of halogens is 1. The topological polar surface area (TPSA) is 98.5 Å². The van der Waals surface area contributed by atoms with E-state index in [9.17, 15) is 14.4 Å². The van der Waals surface area contributed by atoms with Crippen LogP contribution in [0, 0.1) is 0 Å². The van der Waals surface area contributed by atoms with Gasteiger partial charge in [0.25, 0.3) is 5.91 Å². The molecule has 0 bridgehead atoms. The van der Waals surface area contributed by atoms with Gasteiger partial charge in [-0.2, -0.15) is 0 Å². The standard InChI is InChI=1S/C17H15ClN2O4/c1-10(24-17(23)12-3-2-4-13(18)9-12)16(22)20-14-7-5-11(6-8-14)15(19)21/h2-10H,1H3,(H2,19,21)(H,20,22). The van der Waals surface area contributed by atoms with Crippen molar-refractivity contribution in [3.63, 3.8) is 0 Å². The van der Waals surface area contributed by atoms with E-state index in [2.05, 4.69) is 5.32 Å². The number of nitrogens with two attached hydrogens (primary N) is 1. The fourth-order valence-electron chi connectivity index (χ4n) is 1.86. The maximum atomic E-state index is 12.1. The molecule has 6 nitrogen and oxygen atoms in total. The van der Waals surface area contributed by atoms with Gasteiger partial charge in [-0.3, -0.25) is 9.59 Å². The number of ether oxygens (including phenoxy) is 1. The molecule has 2 amide bonds. The van der Waals surface area contributed by atoms with Crippen LogP contribution in [0.2, 0.25) is 5.02 Å². The van der Waals surface area contributed by atoms with Crippen LogP contribution < -0.4 is 11.1 Å². The number of esters is 1. The second-order valence-corrected chi connectivity index (χ2v) is 5.43. The average molecular weight is 347 g/mol. The number of rotatable bonds is 5. The van der Waals surface area contributed by atoms with Crippen molar-refractivity contribution in [1.29, 1.82) is 0 Å². The highest BCUT2D eigenvalue weighted by atomic mass is 35.5. The molecule has 1 atom stereocenters. The summed E-state index contributed by atoms with van der Waals surface area (Å²) in [6, 6.07) is 12.3. The number of primary amides is 1. The van der Waals surface area contributed by atoms with Gasteiger partial charge < -0.3 is 15.8 Å². The third-order valence-electron chi connectivity index (χ3n) is 3.15. The van der Waals surface area contributed by atoms with Gasteiger partial charge in [0.2, 0.25) is 5.91 Å². The fourth-order valence-corrected chi connectivity index (χ4v) is 2.05. The number of hydrogen-bond acceptors (Lipinski definition) is 4. The third kappa shape index (κ3) is 4.57. The van der Waals surface area contributed by atoms with Gasteiger partial charge in [-0.15, -0.1) is 0 Å². The van der Waals surface area contributed by atoms with Crippen molar-refractivity contribution in [2.45, 2.75) is 13.0 Å².